The summed E-state index contributed by atoms with van der Waals surface area (Å²) in [6.07, 6.45) is 3.79. The summed E-state index contributed by atoms with van der Waals surface area (Å²) in [4.78, 5) is 22.1. The van der Waals surface area contributed by atoms with Crippen molar-refractivity contribution in [3.8, 4) is 0 Å². The second-order valence-electron chi connectivity index (χ2n) is 7.80. The standard InChI is InChI=1S/C24H23ClN5O.HI/c1-28-10-4-5-17(16-28)24(31)30-13-11-29(12-14-30)23-19-6-2-3-7-20(19)26-21-9-8-18(25)15-22(21)27-23;/h2-10,15-16,26H,11-14H2,1H3;1H/q+1;/p-1. The van der Waals surface area contributed by atoms with Gasteiger partial charge in [0.1, 0.15) is 18.4 Å². The van der Waals surface area contributed by atoms with Crippen LogP contribution in [0.15, 0.2) is 72.0 Å². The monoisotopic (exact) mass is 559 g/mol. The summed E-state index contributed by atoms with van der Waals surface area (Å²) < 4.78 is 1.90. The quantitative estimate of drug-likeness (QED) is 0.354. The molecule has 0 saturated carbocycles. The Morgan fingerprint density at radius 1 is 1.03 bits per heavy atom. The number of aromatic nitrogens is 1. The molecule has 3 heterocycles. The van der Waals surface area contributed by atoms with Gasteiger partial charge >= 0.3 is 0 Å². The van der Waals surface area contributed by atoms with Crippen molar-refractivity contribution in [3.05, 3.63) is 83.1 Å². The largest absolute Gasteiger partial charge is 1.00 e. The highest BCUT2D eigenvalue weighted by molar-refractivity contribution is 6.31. The molecule has 0 spiro atoms. The zero-order valence-electron chi connectivity index (χ0n) is 17.6. The summed E-state index contributed by atoms with van der Waals surface area (Å²) in [5.41, 5.74) is 4.51. The Bertz CT molecular complexity index is 1190. The summed E-state index contributed by atoms with van der Waals surface area (Å²) in [6, 6.07) is 17.6. The number of pyridine rings is 1. The van der Waals surface area contributed by atoms with Crippen molar-refractivity contribution >= 4 is 40.4 Å². The maximum Gasteiger partial charge on any atom is 0.260 e. The highest BCUT2D eigenvalue weighted by Crippen LogP contribution is 2.36. The smallest absolute Gasteiger partial charge is 0.260 e. The number of rotatable bonds is 1. The molecule has 0 aliphatic carbocycles. The third-order valence-electron chi connectivity index (χ3n) is 5.68. The number of halogens is 2. The molecule has 8 heteroatoms. The molecule has 1 fully saturated rings. The van der Waals surface area contributed by atoms with Crippen molar-refractivity contribution in [2.24, 2.45) is 12.0 Å². The number of piperazine rings is 1. The van der Waals surface area contributed by atoms with Gasteiger partial charge in [-0.3, -0.25) is 4.79 Å². The van der Waals surface area contributed by atoms with Crippen LogP contribution in [0.2, 0.25) is 5.02 Å². The van der Waals surface area contributed by atoms with Crippen LogP contribution in [0.3, 0.4) is 0 Å². The fourth-order valence-electron chi connectivity index (χ4n) is 4.07. The molecule has 2 aliphatic heterocycles. The van der Waals surface area contributed by atoms with E-state index in [1.54, 1.807) is 0 Å². The minimum absolute atomic E-state index is 0. The molecule has 1 amide bonds. The number of para-hydroxylation sites is 1. The van der Waals surface area contributed by atoms with Crippen molar-refractivity contribution < 1.29 is 33.3 Å². The van der Waals surface area contributed by atoms with Crippen LogP contribution >= 0.6 is 11.6 Å². The van der Waals surface area contributed by atoms with Gasteiger partial charge in [-0.15, -0.1) is 0 Å². The van der Waals surface area contributed by atoms with Gasteiger partial charge in [0.05, 0.1) is 11.4 Å². The average Bonchev–Trinajstić information content (AvgIpc) is 2.95. The Labute approximate surface area is 209 Å². The van der Waals surface area contributed by atoms with Crippen LogP contribution in [0.5, 0.6) is 0 Å². The summed E-state index contributed by atoms with van der Waals surface area (Å²) >= 11 is 6.24. The van der Waals surface area contributed by atoms with E-state index in [0.29, 0.717) is 36.8 Å². The molecule has 3 aromatic rings. The fourth-order valence-corrected chi connectivity index (χ4v) is 4.24. The SMILES string of the molecule is C[n+]1cccc(C(=O)N2CCN(C3=Nc4cc(Cl)ccc4Nc4ccccc43)CC2)c1.[I-]. The minimum Gasteiger partial charge on any atom is -1.00 e. The van der Waals surface area contributed by atoms with Crippen molar-refractivity contribution in [1.82, 2.24) is 9.80 Å². The molecule has 2 aliphatic rings. The van der Waals surface area contributed by atoms with Gasteiger partial charge in [0.15, 0.2) is 12.4 Å². The van der Waals surface area contributed by atoms with Gasteiger partial charge in [0.2, 0.25) is 0 Å². The van der Waals surface area contributed by atoms with E-state index < -0.39 is 0 Å². The molecule has 0 atom stereocenters. The van der Waals surface area contributed by atoms with Gasteiger partial charge in [-0.05, 0) is 36.4 Å². The Kier molecular flexibility index (Phi) is 6.66. The van der Waals surface area contributed by atoms with E-state index in [1.807, 2.05) is 71.4 Å². The molecule has 32 heavy (non-hydrogen) atoms. The summed E-state index contributed by atoms with van der Waals surface area (Å²) in [6.45, 7) is 2.73. The molecule has 1 saturated heterocycles. The molecular weight excluding hydrogens is 537 g/mol. The van der Waals surface area contributed by atoms with E-state index in [9.17, 15) is 4.79 Å². The Morgan fingerprint density at radius 2 is 1.81 bits per heavy atom. The van der Waals surface area contributed by atoms with E-state index in [0.717, 1.165) is 28.5 Å². The highest BCUT2D eigenvalue weighted by Gasteiger charge is 2.27. The van der Waals surface area contributed by atoms with E-state index in [1.165, 1.54) is 0 Å². The third kappa shape index (κ3) is 4.45. The van der Waals surface area contributed by atoms with Crippen LogP contribution in [-0.4, -0.2) is 47.7 Å². The van der Waals surface area contributed by atoms with Gasteiger partial charge in [0, 0.05) is 48.5 Å². The summed E-state index contributed by atoms with van der Waals surface area (Å²) in [5.74, 6) is 0.972. The second-order valence-corrected chi connectivity index (χ2v) is 8.24. The number of fused-ring (bicyclic) bond motifs is 2. The zero-order valence-corrected chi connectivity index (χ0v) is 20.5. The zero-order chi connectivity index (χ0) is 21.4. The number of aliphatic imine (C=N–C) groups is 1. The molecule has 0 bridgehead atoms. The first-order valence-corrected chi connectivity index (χ1v) is 10.7. The summed E-state index contributed by atoms with van der Waals surface area (Å²) in [7, 11) is 1.93. The van der Waals surface area contributed by atoms with Crippen LogP contribution in [-0.2, 0) is 7.05 Å². The topological polar surface area (TPSA) is 51.8 Å². The Hall–Kier alpha value is -2.65. The van der Waals surface area contributed by atoms with Gasteiger partial charge in [-0.1, -0.05) is 23.7 Å². The molecule has 0 radical (unpaired) electrons. The molecular formula is C24H23ClIN5O. The predicted octanol–water partition coefficient (Wildman–Crippen LogP) is 0.762. The van der Waals surface area contributed by atoms with E-state index >= 15 is 0 Å². The molecule has 1 aromatic heterocycles. The van der Waals surface area contributed by atoms with E-state index in [2.05, 4.69) is 22.3 Å². The van der Waals surface area contributed by atoms with Crippen LogP contribution in [0.1, 0.15) is 15.9 Å². The Morgan fingerprint density at radius 3 is 2.59 bits per heavy atom. The van der Waals surface area contributed by atoms with Crippen molar-refractivity contribution in [1.29, 1.82) is 0 Å². The van der Waals surface area contributed by atoms with Crippen LogP contribution in [0.25, 0.3) is 0 Å². The van der Waals surface area contributed by atoms with Gasteiger partial charge in [-0.2, -0.15) is 0 Å². The normalized spacial score (nSPS) is 14.9. The van der Waals surface area contributed by atoms with Gasteiger partial charge in [0.25, 0.3) is 5.91 Å². The van der Waals surface area contributed by atoms with Crippen LogP contribution in [0, 0.1) is 0 Å². The number of carbonyl (C=O) groups is 1. The lowest BCUT2D eigenvalue weighted by molar-refractivity contribution is -0.671. The number of nitrogens with one attached hydrogen (secondary N) is 1. The van der Waals surface area contributed by atoms with Crippen molar-refractivity contribution in [2.75, 3.05) is 31.5 Å². The maximum atomic E-state index is 12.9. The lowest BCUT2D eigenvalue weighted by atomic mass is 10.1. The molecule has 2 aromatic carbocycles. The third-order valence-corrected chi connectivity index (χ3v) is 5.91. The molecule has 0 unspecified atom stereocenters. The number of hydrogen-bond acceptors (Lipinski definition) is 4. The number of nitrogens with zero attached hydrogens (tertiary/aromatic N) is 4. The van der Waals surface area contributed by atoms with E-state index in [4.69, 9.17) is 16.6 Å². The number of anilines is 2. The lowest BCUT2D eigenvalue weighted by Gasteiger charge is -2.36. The molecule has 5 rings (SSSR count). The number of amidine groups is 1. The molecule has 164 valence electrons. The van der Waals surface area contributed by atoms with Crippen molar-refractivity contribution in [2.45, 2.75) is 0 Å². The minimum atomic E-state index is 0. The van der Waals surface area contributed by atoms with Gasteiger partial charge < -0.3 is 39.1 Å². The maximum absolute atomic E-state index is 12.9. The Balaban J connectivity index is 0.00000245. The fraction of sp³-hybridized carbons (Fsp3) is 0.208. The first kappa shape index (κ1) is 22.5. The number of aryl methyl sites for hydroxylation is 1. The number of carbonyl (C=O) groups excluding carboxylic acids is 1. The first-order valence-electron chi connectivity index (χ1n) is 10.3. The summed E-state index contributed by atoms with van der Waals surface area (Å²) in [5, 5.41) is 4.14. The predicted molar refractivity (Wildman–Crippen MR) is 122 cm³/mol. The number of hydrogen-bond donors (Lipinski definition) is 1. The van der Waals surface area contributed by atoms with Crippen LogP contribution in [0.4, 0.5) is 17.1 Å². The van der Waals surface area contributed by atoms with Gasteiger partial charge in [-0.25, -0.2) is 9.56 Å². The first-order chi connectivity index (χ1) is 15.1. The molecule has 6 nitrogen and oxygen atoms in total. The van der Waals surface area contributed by atoms with Crippen LogP contribution < -0.4 is 33.9 Å². The number of amides is 1. The highest BCUT2D eigenvalue weighted by atomic mass is 127. The lowest BCUT2D eigenvalue weighted by Crippen LogP contribution is -3.00. The van der Waals surface area contributed by atoms with E-state index in [-0.39, 0.29) is 29.9 Å². The molecule has 1 N–H and O–H groups in total. The van der Waals surface area contributed by atoms with Crippen molar-refractivity contribution in [3.63, 3.8) is 0 Å². The number of benzene rings is 2. The second kappa shape index (κ2) is 9.46. The average molecular weight is 560 g/mol.